The molecule has 0 bridgehead atoms. The summed E-state index contributed by atoms with van der Waals surface area (Å²) in [4.78, 5) is 10.2. The number of hydrogen-bond donors (Lipinski definition) is 1. The van der Waals surface area contributed by atoms with Gasteiger partial charge < -0.3 is 5.11 Å². The Labute approximate surface area is 179 Å². The molecule has 5 nitrogen and oxygen atoms in total. The van der Waals surface area contributed by atoms with Gasteiger partial charge in [0.15, 0.2) is 0 Å². The zero-order valence-electron chi connectivity index (χ0n) is 15.5. The maximum atomic E-state index is 13.8. The number of carboxylic acid groups (broad SMARTS) is 1. The maximum Gasteiger partial charge on any atom is 0.467 e. The van der Waals surface area contributed by atoms with Gasteiger partial charge in [-0.25, -0.2) is 4.79 Å². The molecule has 0 fully saturated rings. The molecule has 35 heavy (non-hydrogen) atoms. The molecule has 0 saturated heterocycles. The number of hydrogen-bond acceptors (Lipinski definition) is 3. The van der Waals surface area contributed by atoms with Crippen molar-refractivity contribution < 1.29 is 102 Å². The number of rotatable bonds is 10. The molecular weight excluding hydrogens is 584 g/mol. The smallest absolute Gasteiger partial charge is 0.467 e. The first-order valence-corrected chi connectivity index (χ1v) is 8.84. The van der Waals surface area contributed by atoms with Crippen molar-refractivity contribution in [3.63, 3.8) is 0 Å². The zero-order chi connectivity index (χ0) is 29.3. The molecule has 0 spiro atoms. The van der Waals surface area contributed by atoms with Crippen LogP contribution in [-0.4, -0.2) is 84.2 Å². The van der Waals surface area contributed by atoms with Crippen molar-refractivity contribution in [3.05, 3.63) is 0 Å². The molecule has 1 atom stereocenters. The summed E-state index contributed by atoms with van der Waals surface area (Å²) in [7, 11) is -9.15. The van der Waals surface area contributed by atoms with E-state index in [0.29, 0.717) is 0 Å². The lowest BCUT2D eigenvalue weighted by molar-refractivity contribution is -0.927. The van der Waals surface area contributed by atoms with Gasteiger partial charge in [0, 0.05) is 4.48 Å². The Hall–Kier alpha value is -1.88. The van der Waals surface area contributed by atoms with Gasteiger partial charge in [0.2, 0.25) is 6.54 Å². The molecule has 1 unspecified atom stereocenters. The van der Waals surface area contributed by atoms with Crippen LogP contribution in [0.1, 0.15) is 0 Å². The summed E-state index contributed by atoms with van der Waals surface area (Å²) in [6, 6.07) is 0. The highest BCUT2D eigenvalue weighted by Gasteiger charge is 2.97. The van der Waals surface area contributed by atoms with Crippen LogP contribution < -0.4 is 0 Å². The number of aliphatic carboxylic acids is 1. The summed E-state index contributed by atoms with van der Waals surface area (Å²) in [6.07, 6.45) is -7.97. The summed E-state index contributed by atoms with van der Waals surface area (Å²) in [5.41, 5.74) is 0. The van der Waals surface area contributed by atoms with Crippen molar-refractivity contribution in [2.75, 3.05) is 13.6 Å². The lowest BCUT2D eigenvalue weighted by Gasteiger charge is -2.42. The van der Waals surface area contributed by atoms with Crippen molar-refractivity contribution in [1.82, 2.24) is 0 Å². The highest BCUT2D eigenvalue weighted by molar-refractivity contribution is 7.87. The van der Waals surface area contributed by atoms with E-state index in [1.807, 2.05) is 0 Å². The van der Waals surface area contributed by atoms with Gasteiger partial charge in [-0.2, -0.15) is 83.1 Å². The molecule has 0 aliphatic heterocycles. The molecule has 0 aromatic carbocycles. The van der Waals surface area contributed by atoms with Crippen molar-refractivity contribution in [3.8, 4) is 0 Å². The van der Waals surface area contributed by atoms with E-state index in [2.05, 4.69) is 0 Å². The van der Waals surface area contributed by atoms with Crippen LogP contribution in [0.25, 0.3) is 0 Å². The van der Waals surface area contributed by atoms with Crippen LogP contribution in [0.3, 0.4) is 0 Å². The summed E-state index contributed by atoms with van der Waals surface area (Å²) in [5.74, 6) is -55.8. The number of halogens is 18. The number of carboxylic acids is 1. The van der Waals surface area contributed by atoms with Gasteiger partial charge in [-0.15, -0.1) is 0 Å². The van der Waals surface area contributed by atoms with Crippen LogP contribution in [0.2, 0.25) is 0 Å². The Morgan fingerprint density at radius 1 is 0.629 bits per heavy atom. The fourth-order valence-corrected chi connectivity index (χ4v) is 3.09. The zero-order valence-corrected chi connectivity index (χ0v) is 16.4. The van der Waals surface area contributed by atoms with Crippen LogP contribution in [0.5, 0.6) is 0 Å². The number of carbonyl (C=O) groups is 1. The number of likely N-dealkylation sites (N-methyl/N-ethyl adjacent to an activating group) is 1. The molecule has 0 aliphatic carbocycles. The van der Waals surface area contributed by atoms with E-state index in [1.54, 1.807) is 0 Å². The molecule has 0 heterocycles. The molecule has 0 saturated carbocycles. The highest BCUT2D eigenvalue weighted by Crippen LogP contribution is 2.64. The van der Waals surface area contributed by atoms with E-state index < -0.39 is 80.7 Å². The van der Waals surface area contributed by atoms with E-state index in [9.17, 15) is 92.3 Å². The summed E-state index contributed by atoms with van der Waals surface area (Å²) in [6.45, 7) is -2.89. The molecule has 0 aliphatic rings. The molecule has 0 aromatic heterocycles. The fourth-order valence-electron chi connectivity index (χ4n) is 1.88. The van der Waals surface area contributed by atoms with Gasteiger partial charge in [0.1, 0.15) is 7.05 Å². The van der Waals surface area contributed by atoms with E-state index >= 15 is 0 Å². The third-order valence-corrected chi connectivity index (χ3v) is 5.97. The largest absolute Gasteiger partial charge is 0.477 e. The third-order valence-electron chi connectivity index (χ3n) is 3.94. The summed E-state index contributed by atoms with van der Waals surface area (Å²) in [5, 5.41) is 0.00708. The monoisotopic (exact) mass is 590 g/mol. The topological polar surface area (TPSA) is 71.4 Å². The number of alkyl halides is 17. The predicted octanol–water partition coefficient (Wildman–Crippen LogP) is 4.70. The Kier molecular flexibility index (Phi) is 7.63. The first-order valence-electron chi connectivity index (χ1n) is 7.40. The van der Waals surface area contributed by atoms with Gasteiger partial charge in [-0.3, -0.25) is 0 Å². The predicted molar refractivity (Wildman–Crippen MR) is 69.4 cm³/mol. The van der Waals surface area contributed by atoms with Gasteiger partial charge >= 0.3 is 63.0 Å². The lowest BCUT2D eigenvalue weighted by Crippen LogP contribution is -2.75. The first-order chi connectivity index (χ1) is 14.7. The third kappa shape index (κ3) is 4.12. The van der Waals surface area contributed by atoms with Crippen LogP contribution in [0.15, 0.2) is 0 Å². The Morgan fingerprint density at radius 3 is 1.14 bits per heavy atom. The minimum absolute atomic E-state index is 0.920. The van der Waals surface area contributed by atoms with Gasteiger partial charge in [0.05, 0.1) is 0 Å². The van der Waals surface area contributed by atoms with E-state index in [-0.39, 0.29) is 0 Å². The second kappa shape index (κ2) is 8.06. The number of quaternary nitrogens is 1. The minimum Gasteiger partial charge on any atom is -0.477 e. The van der Waals surface area contributed by atoms with Crippen LogP contribution >= 0.6 is 0 Å². The molecule has 0 rings (SSSR count). The van der Waals surface area contributed by atoms with Crippen molar-refractivity contribution in [2.45, 2.75) is 47.0 Å². The summed E-state index contributed by atoms with van der Waals surface area (Å²) < 4.78 is 254. The number of nitrogens with zero attached hydrogens (tertiary/aromatic N) is 1. The van der Waals surface area contributed by atoms with E-state index in [1.165, 1.54) is 0 Å². The molecule has 0 radical (unpaired) electrons. The lowest BCUT2D eigenvalue weighted by atomic mass is 9.91. The molecule has 24 heteroatoms. The van der Waals surface area contributed by atoms with Gasteiger partial charge in [0.25, 0.3) is 0 Å². The minimum atomic E-state index is -9.06. The number of sulfonamides is 1. The molecule has 0 aromatic rings. The van der Waals surface area contributed by atoms with E-state index in [4.69, 9.17) is 5.11 Å². The standard InChI is InChI=1S/C11H5F18NO4S/c1-30(29,2-3(31)32)35(33,34)11(27,28)9(22,23)7(18,19)5(14,15)4(12,13)6(16,17)8(20,21)10(24,25)26/h2H2,1H3/p+1. The molecular formula is C11H6F18NO4S+. The van der Waals surface area contributed by atoms with Crippen LogP contribution in [0.4, 0.5) is 79.1 Å². The van der Waals surface area contributed by atoms with Gasteiger partial charge in [-0.05, 0) is 4.11 Å². The van der Waals surface area contributed by atoms with Crippen molar-refractivity contribution in [2.24, 2.45) is 0 Å². The average molecular weight is 590 g/mol. The molecule has 0 amide bonds. The first kappa shape index (κ1) is 33.1. The van der Waals surface area contributed by atoms with E-state index in [0.717, 1.165) is 0 Å². The molecule has 1 N–H and O–H groups in total. The highest BCUT2D eigenvalue weighted by atomic mass is 32.2. The fraction of sp³-hybridized carbons (Fsp3) is 0.909. The van der Waals surface area contributed by atoms with Crippen molar-refractivity contribution in [1.29, 1.82) is 0 Å². The normalized spacial score (nSPS) is 17.8. The Morgan fingerprint density at radius 2 is 0.886 bits per heavy atom. The Bertz CT molecular complexity index is 937. The van der Waals surface area contributed by atoms with Crippen LogP contribution in [-0.2, 0) is 14.8 Å². The quantitative estimate of drug-likeness (QED) is 0.296. The molecule has 210 valence electrons. The van der Waals surface area contributed by atoms with Crippen LogP contribution in [0, 0.1) is 0 Å². The maximum absolute atomic E-state index is 13.8. The SMILES string of the molecule is C[N+](F)(CC(=O)O)S(=O)(=O)C(F)(F)C(F)(F)C(F)(F)C(F)(F)C(F)(F)C(F)(F)C(F)(F)C(F)(F)F. The summed E-state index contributed by atoms with van der Waals surface area (Å²) >= 11 is 0. The second-order valence-electron chi connectivity index (χ2n) is 6.47. The average Bonchev–Trinajstić information content (AvgIpc) is 2.58. The second-order valence-corrected chi connectivity index (χ2v) is 8.70. The van der Waals surface area contributed by atoms with Crippen molar-refractivity contribution >= 4 is 16.0 Å². The van der Waals surface area contributed by atoms with Gasteiger partial charge in [-0.1, -0.05) is 0 Å². The Balaban J connectivity index is 7.12.